The van der Waals surface area contributed by atoms with E-state index in [1.807, 2.05) is 4.90 Å². The second kappa shape index (κ2) is 9.52. The van der Waals surface area contributed by atoms with E-state index < -0.39 is 6.61 Å². The molecule has 1 saturated heterocycles. The molecule has 1 amide bonds. The zero-order valence-electron chi connectivity index (χ0n) is 17.8. The minimum atomic E-state index is -2.86. The number of thiazole rings is 1. The normalized spacial score (nSPS) is 14.0. The third-order valence-electron chi connectivity index (χ3n) is 5.33. The Labute approximate surface area is 189 Å². The number of hydrogen-bond acceptors (Lipinski definition) is 6. The van der Waals surface area contributed by atoms with Crippen LogP contribution in [0.1, 0.15) is 21.6 Å². The average Bonchev–Trinajstić information content (AvgIpc) is 3.24. The van der Waals surface area contributed by atoms with Gasteiger partial charge in [0.25, 0.3) is 5.91 Å². The number of ether oxygens (including phenoxy) is 1. The van der Waals surface area contributed by atoms with Gasteiger partial charge in [0.2, 0.25) is 0 Å². The van der Waals surface area contributed by atoms with Crippen molar-refractivity contribution in [2.75, 3.05) is 36.4 Å². The van der Waals surface area contributed by atoms with Crippen molar-refractivity contribution in [3.05, 3.63) is 64.7 Å². The highest BCUT2D eigenvalue weighted by molar-refractivity contribution is 7.14. The van der Waals surface area contributed by atoms with Crippen LogP contribution in [0, 0.1) is 13.8 Å². The fourth-order valence-corrected chi connectivity index (χ4v) is 4.35. The summed E-state index contributed by atoms with van der Waals surface area (Å²) in [6.45, 7) is 4.16. The van der Waals surface area contributed by atoms with Crippen molar-refractivity contribution in [1.29, 1.82) is 0 Å². The summed E-state index contributed by atoms with van der Waals surface area (Å²) in [7, 11) is 0. The number of anilines is 3. The van der Waals surface area contributed by atoms with Crippen LogP contribution in [-0.2, 0) is 0 Å². The molecule has 0 radical (unpaired) electrons. The summed E-state index contributed by atoms with van der Waals surface area (Å²) in [5.41, 5.74) is 4.75. The van der Waals surface area contributed by atoms with Crippen LogP contribution in [0.2, 0.25) is 0 Å². The molecule has 0 spiro atoms. The van der Waals surface area contributed by atoms with Crippen LogP contribution in [0.4, 0.5) is 25.3 Å². The van der Waals surface area contributed by atoms with E-state index in [0.717, 1.165) is 13.1 Å². The molecule has 4 rings (SSSR count). The lowest BCUT2D eigenvalue weighted by molar-refractivity contribution is -0.0498. The van der Waals surface area contributed by atoms with Crippen LogP contribution >= 0.6 is 11.3 Å². The number of alkyl halides is 2. The van der Waals surface area contributed by atoms with E-state index in [2.05, 4.69) is 52.0 Å². The van der Waals surface area contributed by atoms with Gasteiger partial charge >= 0.3 is 6.61 Å². The van der Waals surface area contributed by atoms with E-state index in [1.165, 1.54) is 40.3 Å². The molecule has 1 aromatic heterocycles. The van der Waals surface area contributed by atoms with Gasteiger partial charge in [0.05, 0.1) is 0 Å². The number of carbonyl (C=O) groups excluding carboxylic acids is 1. The number of amides is 1. The monoisotopic (exact) mass is 458 g/mol. The largest absolute Gasteiger partial charge is 0.435 e. The van der Waals surface area contributed by atoms with Gasteiger partial charge in [-0.2, -0.15) is 8.78 Å². The van der Waals surface area contributed by atoms with Gasteiger partial charge in [-0.25, -0.2) is 4.98 Å². The molecule has 1 N–H and O–H groups in total. The van der Waals surface area contributed by atoms with Gasteiger partial charge in [-0.05, 0) is 55.3 Å². The predicted octanol–water partition coefficient (Wildman–Crippen LogP) is 5.07. The summed E-state index contributed by atoms with van der Waals surface area (Å²) >= 11 is 1.32. The van der Waals surface area contributed by atoms with Crippen molar-refractivity contribution in [2.24, 2.45) is 0 Å². The van der Waals surface area contributed by atoms with E-state index in [9.17, 15) is 13.6 Å². The fourth-order valence-electron chi connectivity index (χ4n) is 3.65. The molecule has 1 fully saturated rings. The number of nitrogens with one attached hydrogen (secondary N) is 1. The molecular formula is C23H24F2N4O2S. The minimum absolute atomic E-state index is 0.0838. The molecule has 0 saturated carbocycles. The number of nitrogens with zero attached hydrogens (tertiary/aromatic N) is 3. The van der Waals surface area contributed by atoms with Gasteiger partial charge in [0.15, 0.2) is 5.13 Å². The quantitative estimate of drug-likeness (QED) is 0.559. The van der Waals surface area contributed by atoms with Gasteiger partial charge in [-0.1, -0.05) is 12.1 Å². The molecule has 0 aliphatic carbocycles. The highest BCUT2D eigenvalue weighted by Crippen LogP contribution is 2.26. The van der Waals surface area contributed by atoms with Crippen LogP contribution in [0.5, 0.6) is 5.75 Å². The lowest BCUT2D eigenvalue weighted by Crippen LogP contribution is -2.49. The first-order valence-electron chi connectivity index (χ1n) is 10.3. The number of rotatable bonds is 6. The van der Waals surface area contributed by atoms with Crippen molar-refractivity contribution < 1.29 is 18.3 Å². The molecule has 9 heteroatoms. The molecule has 32 heavy (non-hydrogen) atoms. The van der Waals surface area contributed by atoms with E-state index in [0.29, 0.717) is 29.6 Å². The first kappa shape index (κ1) is 22.0. The second-order valence-electron chi connectivity index (χ2n) is 7.63. The Hall–Kier alpha value is -3.20. The standard InChI is InChI=1S/C23H24F2N4O2S/c1-15-3-4-16(2)20(13-15)28-9-11-29(12-10-28)21(30)19-14-32-23(27-19)26-17-5-7-18(8-6-17)31-22(24)25/h3-8,13-14,22H,9-12H2,1-2H3,(H,26,27). The Bertz CT molecular complexity index is 1080. The second-order valence-corrected chi connectivity index (χ2v) is 8.49. The number of benzene rings is 2. The molecule has 2 aromatic carbocycles. The summed E-state index contributed by atoms with van der Waals surface area (Å²) in [6, 6.07) is 12.6. The molecule has 1 aliphatic rings. The van der Waals surface area contributed by atoms with E-state index in [-0.39, 0.29) is 11.7 Å². The summed E-state index contributed by atoms with van der Waals surface area (Å²) in [5.74, 6) is -0.00356. The lowest BCUT2D eigenvalue weighted by atomic mass is 10.1. The maximum absolute atomic E-state index is 12.9. The van der Waals surface area contributed by atoms with Crippen LogP contribution in [0.3, 0.4) is 0 Å². The number of halogens is 2. The van der Waals surface area contributed by atoms with Crippen LogP contribution in [-0.4, -0.2) is 48.6 Å². The first-order chi connectivity index (χ1) is 15.4. The molecule has 6 nitrogen and oxygen atoms in total. The molecule has 168 valence electrons. The van der Waals surface area contributed by atoms with Crippen molar-refractivity contribution in [3.63, 3.8) is 0 Å². The zero-order chi connectivity index (χ0) is 22.7. The van der Waals surface area contributed by atoms with Crippen molar-refractivity contribution in [1.82, 2.24) is 9.88 Å². The Morgan fingerprint density at radius 1 is 1.09 bits per heavy atom. The first-order valence-corrected chi connectivity index (χ1v) is 11.2. The summed E-state index contributed by atoms with van der Waals surface area (Å²) in [6.07, 6.45) is 0. The average molecular weight is 459 g/mol. The lowest BCUT2D eigenvalue weighted by Gasteiger charge is -2.36. The molecule has 0 atom stereocenters. The van der Waals surface area contributed by atoms with Crippen molar-refractivity contribution >= 4 is 33.8 Å². The molecule has 3 aromatic rings. The minimum Gasteiger partial charge on any atom is -0.435 e. The van der Waals surface area contributed by atoms with Crippen LogP contribution in [0.15, 0.2) is 47.8 Å². The van der Waals surface area contributed by atoms with Crippen molar-refractivity contribution in [2.45, 2.75) is 20.5 Å². The van der Waals surface area contributed by atoms with Crippen LogP contribution < -0.4 is 15.0 Å². The van der Waals surface area contributed by atoms with Crippen LogP contribution in [0.25, 0.3) is 0 Å². The van der Waals surface area contributed by atoms with Gasteiger partial charge in [-0.3, -0.25) is 4.79 Å². The number of aromatic nitrogens is 1. The number of piperazine rings is 1. The third-order valence-corrected chi connectivity index (χ3v) is 6.08. The maximum atomic E-state index is 12.9. The summed E-state index contributed by atoms with van der Waals surface area (Å²) < 4.78 is 28.9. The molecule has 1 aliphatic heterocycles. The van der Waals surface area contributed by atoms with Gasteiger partial charge in [0.1, 0.15) is 11.4 Å². The van der Waals surface area contributed by atoms with Gasteiger partial charge < -0.3 is 19.9 Å². The van der Waals surface area contributed by atoms with E-state index in [1.54, 1.807) is 17.5 Å². The molecule has 2 heterocycles. The Balaban J connectivity index is 1.34. The summed E-state index contributed by atoms with van der Waals surface area (Å²) in [5, 5.41) is 5.38. The maximum Gasteiger partial charge on any atom is 0.387 e. The number of hydrogen-bond donors (Lipinski definition) is 1. The molecule has 0 bridgehead atoms. The fraction of sp³-hybridized carbons (Fsp3) is 0.304. The Morgan fingerprint density at radius 3 is 2.50 bits per heavy atom. The topological polar surface area (TPSA) is 57.7 Å². The smallest absolute Gasteiger partial charge is 0.387 e. The highest BCUT2D eigenvalue weighted by Gasteiger charge is 2.24. The highest BCUT2D eigenvalue weighted by atomic mass is 32.1. The molecule has 0 unspecified atom stereocenters. The predicted molar refractivity (Wildman–Crippen MR) is 123 cm³/mol. The number of carbonyl (C=O) groups is 1. The molecular weight excluding hydrogens is 434 g/mol. The van der Waals surface area contributed by atoms with Gasteiger partial charge in [0, 0.05) is 42.9 Å². The van der Waals surface area contributed by atoms with Crippen molar-refractivity contribution in [3.8, 4) is 5.75 Å². The Morgan fingerprint density at radius 2 is 1.81 bits per heavy atom. The SMILES string of the molecule is Cc1ccc(C)c(N2CCN(C(=O)c3csc(Nc4ccc(OC(F)F)cc4)n3)CC2)c1. The van der Waals surface area contributed by atoms with E-state index in [4.69, 9.17) is 0 Å². The summed E-state index contributed by atoms with van der Waals surface area (Å²) in [4.78, 5) is 21.5. The zero-order valence-corrected chi connectivity index (χ0v) is 18.7. The number of aryl methyl sites for hydroxylation is 2. The van der Waals surface area contributed by atoms with Gasteiger partial charge in [-0.15, -0.1) is 11.3 Å². The third kappa shape index (κ3) is 5.16. The Kier molecular flexibility index (Phi) is 6.55. The van der Waals surface area contributed by atoms with E-state index >= 15 is 0 Å².